The first-order valence-electron chi connectivity index (χ1n) is 8.36. The van der Waals surface area contributed by atoms with Crippen molar-refractivity contribution in [3.63, 3.8) is 0 Å². The molecule has 0 radical (unpaired) electrons. The van der Waals surface area contributed by atoms with Crippen LogP contribution in [0.25, 0.3) is 6.08 Å². The maximum Gasteiger partial charge on any atom is 0.246 e. The molecular formula is C19H23N3OS. The van der Waals surface area contributed by atoms with Crippen molar-refractivity contribution in [3.8, 4) is 0 Å². The number of hydrogen-bond acceptors (Lipinski definition) is 4. The first-order valence-corrected chi connectivity index (χ1v) is 9.24. The molecule has 24 heavy (non-hydrogen) atoms. The molecule has 0 saturated carbocycles. The molecule has 0 bridgehead atoms. The van der Waals surface area contributed by atoms with Crippen molar-refractivity contribution in [2.75, 3.05) is 32.7 Å². The van der Waals surface area contributed by atoms with Crippen LogP contribution in [0.3, 0.4) is 0 Å². The first kappa shape index (κ1) is 16.9. The van der Waals surface area contributed by atoms with Crippen LogP contribution in [0.15, 0.2) is 41.8 Å². The van der Waals surface area contributed by atoms with E-state index in [2.05, 4.69) is 34.1 Å². The number of amides is 1. The summed E-state index contributed by atoms with van der Waals surface area (Å²) in [5.74, 6) is 0.0864. The molecule has 4 nitrogen and oxygen atoms in total. The van der Waals surface area contributed by atoms with Gasteiger partial charge < -0.3 is 4.90 Å². The van der Waals surface area contributed by atoms with Gasteiger partial charge in [-0.3, -0.25) is 9.69 Å². The van der Waals surface area contributed by atoms with E-state index in [4.69, 9.17) is 0 Å². The molecule has 1 saturated heterocycles. The van der Waals surface area contributed by atoms with E-state index in [0.29, 0.717) is 0 Å². The second kappa shape index (κ2) is 8.22. The number of hydrogen-bond donors (Lipinski definition) is 0. The molecule has 0 unspecified atom stereocenters. The third-order valence-electron chi connectivity index (χ3n) is 4.28. The fourth-order valence-electron chi connectivity index (χ4n) is 2.84. The monoisotopic (exact) mass is 341 g/mol. The van der Waals surface area contributed by atoms with Gasteiger partial charge in [0.2, 0.25) is 5.91 Å². The number of aromatic nitrogens is 1. The van der Waals surface area contributed by atoms with Crippen molar-refractivity contribution in [1.82, 2.24) is 14.8 Å². The van der Waals surface area contributed by atoms with Gasteiger partial charge in [-0.15, -0.1) is 11.3 Å². The van der Waals surface area contributed by atoms with Crippen LogP contribution in [0, 0.1) is 6.92 Å². The third kappa shape index (κ3) is 4.76. The van der Waals surface area contributed by atoms with E-state index in [9.17, 15) is 4.79 Å². The lowest BCUT2D eigenvalue weighted by atomic mass is 10.1. The van der Waals surface area contributed by atoms with Gasteiger partial charge in [-0.1, -0.05) is 30.3 Å². The van der Waals surface area contributed by atoms with Crippen LogP contribution in [-0.4, -0.2) is 53.4 Å². The van der Waals surface area contributed by atoms with Gasteiger partial charge in [0.05, 0.1) is 10.7 Å². The van der Waals surface area contributed by atoms with E-state index in [0.717, 1.165) is 49.8 Å². The summed E-state index contributed by atoms with van der Waals surface area (Å²) >= 11 is 1.60. The second-order valence-electron chi connectivity index (χ2n) is 6.03. The van der Waals surface area contributed by atoms with E-state index >= 15 is 0 Å². The largest absolute Gasteiger partial charge is 0.337 e. The Hall–Kier alpha value is -1.98. The highest BCUT2D eigenvalue weighted by Gasteiger charge is 2.19. The van der Waals surface area contributed by atoms with Crippen molar-refractivity contribution in [2.45, 2.75) is 13.3 Å². The Morgan fingerprint density at radius 1 is 1.21 bits per heavy atom. The molecular weight excluding hydrogens is 318 g/mol. The topological polar surface area (TPSA) is 36.4 Å². The van der Waals surface area contributed by atoms with Crippen LogP contribution in [0.2, 0.25) is 0 Å². The molecule has 1 aromatic carbocycles. The Labute approximate surface area is 147 Å². The average molecular weight is 341 g/mol. The molecule has 126 valence electrons. The zero-order valence-electron chi connectivity index (χ0n) is 14.0. The number of aryl methyl sites for hydroxylation is 1. The summed E-state index contributed by atoms with van der Waals surface area (Å²) in [7, 11) is 0. The van der Waals surface area contributed by atoms with Crippen molar-refractivity contribution < 1.29 is 4.79 Å². The molecule has 0 atom stereocenters. The van der Waals surface area contributed by atoms with Gasteiger partial charge in [0, 0.05) is 44.2 Å². The quantitative estimate of drug-likeness (QED) is 0.785. The van der Waals surface area contributed by atoms with E-state index < -0.39 is 0 Å². The first-order chi connectivity index (χ1) is 11.7. The Balaban J connectivity index is 1.43. The minimum Gasteiger partial charge on any atom is -0.337 e. The molecule has 5 heteroatoms. The van der Waals surface area contributed by atoms with Crippen molar-refractivity contribution in [2.24, 2.45) is 0 Å². The van der Waals surface area contributed by atoms with Gasteiger partial charge in [-0.25, -0.2) is 4.98 Å². The van der Waals surface area contributed by atoms with Gasteiger partial charge in [0.25, 0.3) is 0 Å². The van der Waals surface area contributed by atoms with Crippen LogP contribution in [0.1, 0.15) is 16.3 Å². The normalized spacial score (nSPS) is 16.0. The zero-order valence-corrected chi connectivity index (χ0v) is 14.8. The van der Waals surface area contributed by atoms with E-state index in [-0.39, 0.29) is 5.91 Å². The van der Waals surface area contributed by atoms with Crippen LogP contribution in [0.4, 0.5) is 0 Å². The van der Waals surface area contributed by atoms with E-state index in [1.807, 2.05) is 29.3 Å². The van der Waals surface area contributed by atoms with Crippen LogP contribution in [-0.2, 0) is 11.2 Å². The van der Waals surface area contributed by atoms with Gasteiger partial charge in [0.1, 0.15) is 0 Å². The molecule has 1 aromatic heterocycles. The zero-order chi connectivity index (χ0) is 16.8. The maximum atomic E-state index is 12.3. The molecule has 1 amide bonds. The molecule has 3 rings (SSSR count). The lowest BCUT2D eigenvalue weighted by Gasteiger charge is -2.34. The number of nitrogens with zero attached hydrogens (tertiary/aromatic N) is 3. The molecule has 1 fully saturated rings. The second-order valence-corrected chi connectivity index (χ2v) is 7.09. The molecule has 0 aliphatic carbocycles. The Kier molecular flexibility index (Phi) is 5.77. The number of thiazole rings is 1. The molecule has 1 aliphatic heterocycles. The van der Waals surface area contributed by atoms with Gasteiger partial charge in [-0.2, -0.15) is 0 Å². The highest BCUT2D eigenvalue weighted by Crippen LogP contribution is 2.10. The lowest BCUT2D eigenvalue weighted by Crippen LogP contribution is -2.48. The van der Waals surface area contributed by atoms with Crippen LogP contribution >= 0.6 is 11.3 Å². The highest BCUT2D eigenvalue weighted by atomic mass is 32.1. The maximum absolute atomic E-state index is 12.3. The summed E-state index contributed by atoms with van der Waals surface area (Å²) in [5, 5.41) is 3.00. The summed E-state index contributed by atoms with van der Waals surface area (Å²) in [4.78, 5) is 21.0. The van der Waals surface area contributed by atoms with E-state index in [1.165, 1.54) is 5.56 Å². The number of benzene rings is 1. The lowest BCUT2D eigenvalue weighted by molar-refractivity contribution is -0.127. The molecule has 2 aromatic rings. The fourth-order valence-corrected chi connectivity index (χ4v) is 3.42. The SMILES string of the molecule is Cc1nc(/C=C\C(=O)N2CCN(CCc3ccccc3)CC2)cs1. The Bertz CT molecular complexity index is 688. The predicted molar refractivity (Wildman–Crippen MR) is 99.1 cm³/mol. The smallest absolute Gasteiger partial charge is 0.246 e. The van der Waals surface area contributed by atoms with Gasteiger partial charge >= 0.3 is 0 Å². The number of carbonyl (C=O) groups is 1. The summed E-state index contributed by atoms with van der Waals surface area (Å²) in [5.41, 5.74) is 2.24. The minimum atomic E-state index is 0.0864. The standard InChI is InChI=1S/C19H23N3OS/c1-16-20-18(15-24-16)7-8-19(23)22-13-11-21(12-14-22)10-9-17-5-3-2-4-6-17/h2-8,15H,9-14H2,1H3/b8-7-. The molecule has 1 aliphatic rings. The van der Waals surface area contributed by atoms with Gasteiger partial charge in [0.15, 0.2) is 0 Å². The predicted octanol–water partition coefficient (Wildman–Crippen LogP) is 2.85. The summed E-state index contributed by atoms with van der Waals surface area (Å²) in [6.45, 7) is 6.52. The summed E-state index contributed by atoms with van der Waals surface area (Å²) in [6.07, 6.45) is 4.53. The van der Waals surface area contributed by atoms with Crippen molar-refractivity contribution in [1.29, 1.82) is 0 Å². The highest BCUT2D eigenvalue weighted by molar-refractivity contribution is 7.09. The van der Waals surface area contributed by atoms with Crippen LogP contribution < -0.4 is 0 Å². The van der Waals surface area contributed by atoms with Crippen molar-refractivity contribution >= 4 is 23.3 Å². The van der Waals surface area contributed by atoms with Gasteiger partial charge in [-0.05, 0) is 25.0 Å². The molecule has 2 heterocycles. The van der Waals surface area contributed by atoms with E-state index in [1.54, 1.807) is 17.4 Å². The summed E-state index contributed by atoms with van der Waals surface area (Å²) < 4.78 is 0. The Morgan fingerprint density at radius 2 is 1.96 bits per heavy atom. The summed E-state index contributed by atoms with van der Waals surface area (Å²) in [6, 6.07) is 10.6. The minimum absolute atomic E-state index is 0.0864. The average Bonchev–Trinajstić information content (AvgIpc) is 3.04. The number of piperazine rings is 1. The third-order valence-corrected chi connectivity index (χ3v) is 5.07. The molecule has 0 spiro atoms. The van der Waals surface area contributed by atoms with Crippen LogP contribution in [0.5, 0.6) is 0 Å². The number of carbonyl (C=O) groups excluding carboxylic acids is 1. The Morgan fingerprint density at radius 3 is 2.62 bits per heavy atom. The fraction of sp³-hybridized carbons (Fsp3) is 0.368. The number of rotatable bonds is 5. The molecule has 0 N–H and O–H groups in total. The van der Waals surface area contributed by atoms with Crippen molar-refractivity contribution in [3.05, 3.63) is 58.1 Å².